The van der Waals surface area contributed by atoms with Crippen molar-refractivity contribution in [1.29, 1.82) is 0 Å². The molecule has 0 aliphatic carbocycles. The summed E-state index contributed by atoms with van der Waals surface area (Å²) in [5, 5.41) is 4.18. The standard InChI is InChI=1S/C17H20FN3OS.2ClH/c1-11-10-19-7-8-21(11)17(22)16-12(2)20-15(23-16)9-13-3-5-14(18)6-4-13;;/h3-6,11,19H,7-10H2,1-2H3;2*1H/t11-;;/m0../s1. The van der Waals surface area contributed by atoms with Gasteiger partial charge in [-0.05, 0) is 31.5 Å². The maximum atomic E-state index is 13.0. The Morgan fingerprint density at radius 1 is 1.36 bits per heavy atom. The predicted molar refractivity (Wildman–Crippen MR) is 104 cm³/mol. The zero-order valence-electron chi connectivity index (χ0n) is 14.1. The van der Waals surface area contributed by atoms with E-state index in [2.05, 4.69) is 17.2 Å². The smallest absolute Gasteiger partial charge is 0.266 e. The fourth-order valence-electron chi connectivity index (χ4n) is 2.78. The van der Waals surface area contributed by atoms with Crippen LogP contribution in [0.5, 0.6) is 0 Å². The van der Waals surface area contributed by atoms with E-state index in [9.17, 15) is 9.18 Å². The molecule has 1 saturated heterocycles. The monoisotopic (exact) mass is 405 g/mol. The van der Waals surface area contributed by atoms with E-state index in [0.717, 1.165) is 40.8 Å². The number of carbonyl (C=O) groups is 1. The summed E-state index contributed by atoms with van der Waals surface area (Å²) in [5.74, 6) is -0.174. The van der Waals surface area contributed by atoms with Crippen molar-refractivity contribution in [2.24, 2.45) is 0 Å². The Kier molecular flexibility index (Phi) is 8.28. The fraction of sp³-hybridized carbons (Fsp3) is 0.412. The van der Waals surface area contributed by atoms with Crippen LogP contribution in [-0.2, 0) is 6.42 Å². The van der Waals surface area contributed by atoms with Gasteiger partial charge in [-0.2, -0.15) is 0 Å². The second kappa shape index (κ2) is 9.48. The lowest BCUT2D eigenvalue weighted by Crippen LogP contribution is -2.52. The molecule has 8 heteroatoms. The lowest BCUT2D eigenvalue weighted by Gasteiger charge is -2.33. The van der Waals surface area contributed by atoms with Gasteiger partial charge < -0.3 is 10.2 Å². The number of nitrogens with zero attached hydrogens (tertiary/aromatic N) is 2. The summed E-state index contributed by atoms with van der Waals surface area (Å²) in [6.45, 7) is 6.32. The van der Waals surface area contributed by atoms with Gasteiger partial charge >= 0.3 is 0 Å². The van der Waals surface area contributed by atoms with Crippen LogP contribution in [0, 0.1) is 12.7 Å². The van der Waals surface area contributed by atoms with Crippen LogP contribution < -0.4 is 5.32 Å². The van der Waals surface area contributed by atoms with Crippen LogP contribution in [0.15, 0.2) is 24.3 Å². The molecular weight excluding hydrogens is 384 g/mol. The number of carbonyl (C=O) groups excluding carboxylic acids is 1. The highest BCUT2D eigenvalue weighted by Gasteiger charge is 2.27. The maximum Gasteiger partial charge on any atom is 0.266 e. The first-order valence-corrected chi connectivity index (χ1v) is 8.58. The molecule has 1 aromatic heterocycles. The predicted octanol–water partition coefficient (Wildman–Crippen LogP) is 3.46. The number of aromatic nitrogens is 1. The molecule has 138 valence electrons. The minimum absolute atomic E-state index is 0. The maximum absolute atomic E-state index is 13.0. The Hall–Kier alpha value is -1.21. The summed E-state index contributed by atoms with van der Waals surface area (Å²) in [6, 6.07) is 6.60. The molecule has 0 saturated carbocycles. The first kappa shape index (κ1) is 21.8. The van der Waals surface area contributed by atoms with E-state index in [1.165, 1.54) is 23.5 Å². The van der Waals surface area contributed by atoms with E-state index in [1.54, 1.807) is 12.1 Å². The highest BCUT2D eigenvalue weighted by atomic mass is 35.5. The summed E-state index contributed by atoms with van der Waals surface area (Å²) in [7, 11) is 0. The van der Waals surface area contributed by atoms with Gasteiger partial charge in [0.15, 0.2) is 0 Å². The molecule has 2 aromatic rings. The second-order valence-corrected chi connectivity index (χ2v) is 6.96. The minimum Gasteiger partial charge on any atom is -0.333 e. The second-order valence-electron chi connectivity index (χ2n) is 5.88. The summed E-state index contributed by atoms with van der Waals surface area (Å²) >= 11 is 1.45. The molecule has 0 unspecified atom stereocenters. The normalized spacial score (nSPS) is 16.8. The van der Waals surface area contributed by atoms with Crippen molar-refractivity contribution in [1.82, 2.24) is 15.2 Å². The van der Waals surface area contributed by atoms with Crippen LogP contribution in [0.1, 0.15) is 32.9 Å². The van der Waals surface area contributed by atoms with Crippen molar-refractivity contribution in [3.05, 3.63) is 51.2 Å². The van der Waals surface area contributed by atoms with E-state index < -0.39 is 0 Å². The molecule has 0 radical (unpaired) electrons. The van der Waals surface area contributed by atoms with Crippen molar-refractivity contribution in [2.75, 3.05) is 19.6 Å². The fourth-order valence-corrected chi connectivity index (χ4v) is 3.83. The van der Waals surface area contributed by atoms with Crippen molar-refractivity contribution in [3.8, 4) is 0 Å². The molecule has 3 rings (SSSR count). The van der Waals surface area contributed by atoms with Gasteiger partial charge in [0, 0.05) is 32.1 Å². The molecule has 1 aromatic carbocycles. The van der Waals surface area contributed by atoms with E-state index in [0.29, 0.717) is 6.42 Å². The van der Waals surface area contributed by atoms with E-state index in [-0.39, 0.29) is 42.6 Å². The summed E-state index contributed by atoms with van der Waals surface area (Å²) in [5.41, 5.74) is 1.78. The van der Waals surface area contributed by atoms with Crippen molar-refractivity contribution < 1.29 is 9.18 Å². The van der Waals surface area contributed by atoms with Gasteiger partial charge in [0.05, 0.1) is 10.7 Å². The number of piperazine rings is 1. The topological polar surface area (TPSA) is 45.2 Å². The van der Waals surface area contributed by atoms with Gasteiger partial charge in [-0.25, -0.2) is 9.37 Å². The number of aryl methyl sites for hydroxylation is 1. The molecule has 4 nitrogen and oxygen atoms in total. The minimum atomic E-state index is -0.243. The van der Waals surface area contributed by atoms with Crippen molar-refractivity contribution in [3.63, 3.8) is 0 Å². The van der Waals surface area contributed by atoms with Crippen LogP contribution in [0.4, 0.5) is 4.39 Å². The molecule has 0 spiro atoms. The number of hydrogen-bond acceptors (Lipinski definition) is 4. The Balaban J connectivity index is 0.00000156. The Bertz CT molecular complexity index is 708. The molecule has 1 amide bonds. The quantitative estimate of drug-likeness (QED) is 0.849. The van der Waals surface area contributed by atoms with Crippen molar-refractivity contribution in [2.45, 2.75) is 26.3 Å². The Morgan fingerprint density at radius 2 is 2.04 bits per heavy atom. The largest absolute Gasteiger partial charge is 0.333 e. The van der Waals surface area contributed by atoms with Crippen LogP contribution >= 0.6 is 36.2 Å². The zero-order chi connectivity index (χ0) is 16.4. The number of thiazole rings is 1. The molecule has 25 heavy (non-hydrogen) atoms. The SMILES string of the molecule is Cc1nc(Cc2ccc(F)cc2)sc1C(=O)N1CCNC[C@@H]1C.Cl.Cl. The molecule has 1 aliphatic heterocycles. The highest BCUT2D eigenvalue weighted by molar-refractivity contribution is 7.13. The van der Waals surface area contributed by atoms with Crippen LogP contribution in [0.2, 0.25) is 0 Å². The molecule has 1 fully saturated rings. The number of nitrogens with one attached hydrogen (secondary N) is 1. The van der Waals surface area contributed by atoms with Crippen molar-refractivity contribution >= 4 is 42.1 Å². The first-order valence-electron chi connectivity index (χ1n) is 7.77. The number of rotatable bonds is 3. The summed E-state index contributed by atoms with van der Waals surface area (Å²) in [4.78, 5) is 19.9. The molecule has 1 aliphatic rings. The van der Waals surface area contributed by atoms with Gasteiger partial charge in [0.1, 0.15) is 10.7 Å². The Morgan fingerprint density at radius 3 is 2.68 bits per heavy atom. The van der Waals surface area contributed by atoms with E-state index in [4.69, 9.17) is 0 Å². The van der Waals surface area contributed by atoms with Gasteiger partial charge in [0.2, 0.25) is 0 Å². The number of amides is 1. The van der Waals surface area contributed by atoms with E-state index in [1.807, 2.05) is 11.8 Å². The van der Waals surface area contributed by atoms with Gasteiger partial charge in [-0.1, -0.05) is 12.1 Å². The lowest BCUT2D eigenvalue weighted by molar-refractivity contribution is 0.0660. The average Bonchev–Trinajstić information content (AvgIpc) is 2.90. The average molecular weight is 406 g/mol. The van der Waals surface area contributed by atoms with Gasteiger partial charge in [-0.3, -0.25) is 4.79 Å². The number of halogens is 3. The lowest BCUT2D eigenvalue weighted by atomic mass is 10.1. The van der Waals surface area contributed by atoms with Gasteiger partial charge in [-0.15, -0.1) is 36.2 Å². The van der Waals surface area contributed by atoms with Crippen LogP contribution in [0.3, 0.4) is 0 Å². The molecule has 2 heterocycles. The molecule has 0 bridgehead atoms. The number of hydrogen-bond donors (Lipinski definition) is 1. The highest BCUT2D eigenvalue weighted by Crippen LogP contribution is 2.23. The third kappa shape index (κ3) is 5.14. The van der Waals surface area contributed by atoms with Crippen LogP contribution in [-0.4, -0.2) is 41.5 Å². The number of benzene rings is 1. The first-order chi connectivity index (χ1) is 11.0. The molecule has 1 N–H and O–H groups in total. The summed E-state index contributed by atoms with van der Waals surface area (Å²) < 4.78 is 13.0. The Labute approximate surface area is 163 Å². The van der Waals surface area contributed by atoms with Gasteiger partial charge in [0.25, 0.3) is 5.91 Å². The van der Waals surface area contributed by atoms with E-state index >= 15 is 0 Å². The third-order valence-corrected chi connectivity index (χ3v) is 5.21. The molecule has 1 atom stereocenters. The summed E-state index contributed by atoms with van der Waals surface area (Å²) in [6.07, 6.45) is 0.621. The van der Waals surface area contributed by atoms with Crippen LogP contribution in [0.25, 0.3) is 0 Å². The third-order valence-electron chi connectivity index (χ3n) is 4.07. The zero-order valence-corrected chi connectivity index (χ0v) is 16.6. The molecular formula is C17H22Cl2FN3OS.